The molecule has 5 N–H and O–H groups in total. The number of anilines is 1. The Hall–Kier alpha value is -2.77. The van der Waals surface area contributed by atoms with Gasteiger partial charge in [0.25, 0.3) is 0 Å². The first-order chi connectivity index (χ1) is 15.4. The van der Waals surface area contributed by atoms with Crippen LogP contribution >= 0.6 is 23.2 Å². The Bertz CT molecular complexity index is 1110. The summed E-state index contributed by atoms with van der Waals surface area (Å²) in [4.78, 5) is 12.3. The van der Waals surface area contributed by atoms with E-state index in [1.165, 1.54) is 12.1 Å². The molecule has 0 radical (unpaired) electrons. The predicted molar refractivity (Wildman–Crippen MR) is 125 cm³/mol. The number of aliphatic hydroxyl groups excluding tert-OH is 2. The van der Waals surface area contributed by atoms with Crippen molar-refractivity contribution in [3.63, 3.8) is 0 Å². The molecule has 1 aliphatic rings. The maximum atomic E-state index is 12.3. The fourth-order valence-corrected chi connectivity index (χ4v) is 4.51. The Morgan fingerprint density at radius 3 is 2.25 bits per heavy atom. The molecule has 0 saturated carbocycles. The number of benzene rings is 3. The second kappa shape index (κ2) is 9.38. The minimum absolute atomic E-state index is 0.0722. The lowest BCUT2D eigenvalue weighted by atomic mass is 9.98. The molecule has 2 unspecified atom stereocenters. The lowest BCUT2D eigenvalue weighted by Crippen LogP contribution is -2.36. The van der Waals surface area contributed by atoms with E-state index in [0.29, 0.717) is 0 Å². The molecular weight excluding hydrogens is 451 g/mol. The molecule has 0 spiro atoms. The number of nitrogen functional groups attached to an aromatic ring is 1. The van der Waals surface area contributed by atoms with Crippen molar-refractivity contribution in [3.05, 3.63) is 87.4 Å². The molecule has 1 amide bonds. The number of hydrogen-bond acceptors (Lipinski definition) is 5. The van der Waals surface area contributed by atoms with Crippen molar-refractivity contribution in [1.82, 2.24) is 5.32 Å². The van der Waals surface area contributed by atoms with Crippen LogP contribution in [-0.2, 0) is 4.74 Å². The number of nitrogens with two attached hydrogens (primary N) is 1. The van der Waals surface area contributed by atoms with E-state index in [1.807, 2.05) is 36.4 Å². The van der Waals surface area contributed by atoms with Crippen molar-refractivity contribution < 1.29 is 19.7 Å². The highest BCUT2D eigenvalue weighted by Gasteiger charge is 2.29. The molecule has 6 nitrogen and oxygen atoms in total. The van der Waals surface area contributed by atoms with Crippen LogP contribution in [0.1, 0.15) is 28.7 Å². The Labute approximate surface area is 195 Å². The van der Waals surface area contributed by atoms with Gasteiger partial charge in [-0.25, -0.2) is 4.79 Å². The van der Waals surface area contributed by atoms with E-state index in [-0.39, 0.29) is 40.4 Å². The molecule has 0 bridgehead atoms. The van der Waals surface area contributed by atoms with Crippen LogP contribution in [0.5, 0.6) is 0 Å². The Balaban J connectivity index is 1.36. The maximum Gasteiger partial charge on any atom is 0.407 e. The van der Waals surface area contributed by atoms with E-state index in [4.69, 9.17) is 33.7 Å². The van der Waals surface area contributed by atoms with Gasteiger partial charge in [0, 0.05) is 23.0 Å². The number of alkyl carbamates (subject to hydrolysis) is 1. The molecule has 3 aromatic carbocycles. The van der Waals surface area contributed by atoms with Gasteiger partial charge in [0.15, 0.2) is 0 Å². The second-order valence-corrected chi connectivity index (χ2v) is 8.45. The minimum Gasteiger partial charge on any atom is -0.449 e. The summed E-state index contributed by atoms with van der Waals surface area (Å²) in [6.45, 7) is -0.100. The molecule has 0 aromatic heterocycles. The first kappa shape index (κ1) is 22.4. The highest BCUT2D eigenvalue weighted by molar-refractivity contribution is 6.36. The fourth-order valence-electron chi connectivity index (χ4n) is 4.01. The topological polar surface area (TPSA) is 105 Å². The summed E-state index contributed by atoms with van der Waals surface area (Å²) in [5, 5.41) is 23.6. The molecule has 32 heavy (non-hydrogen) atoms. The van der Waals surface area contributed by atoms with E-state index in [9.17, 15) is 15.0 Å². The van der Waals surface area contributed by atoms with Gasteiger partial charge in [-0.05, 0) is 34.4 Å². The molecule has 0 heterocycles. The predicted octanol–water partition coefficient (Wildman–Crippen LogP) is 4.51. The number of nitrogens with one attached hydrogen (secondary N) is 1. The van der Waals surface area contributed by atoms with Gasteiger partial charge in [0.05, 0.1) is 10.7 Å². The highest BCUT2D eigenvalue weighted by Crippen LogP contribution is 2.44. The third-order valence-electron chi connectivity index (χ3n) is 5.61. The summed E-state index contributed by atoms with van der Waals surface area (Å²) in [6, 6.07) is 18.9. The van der Waals surface area contributed by atoms with E-state index < -0.39 is 18.3 Å². The SMILES string of the molecule is Nc1c(Cl)cc(Cl)cc1C(O)C(O)CNC(=O)OCC1c2ccccc2-c2ccccc21. The third-order valence-corrected chi connectivity index (χ3v) is 6.14. The number of aliphatic hydroxyl groups is 2. The highest BCUT2D eigenvalue weighted by atomic mass is 35.5. The van der Waals surface area contributed by atoms with Gasteiger partial charge in [-0.15, -0.1) is 0 Å². The number of amides is 1. The molecule has 0 aliphatic heterocycles. The number of halogens is 2. The number of hydrogen-bond donors (Lipinski definition) is 4. The van der Waals surface area contributed by atoms with Crippen LogP contribution < -0.4 is 11.1 Å². The molecule has 2 atom stereocenters. The van der Waals surface area contributed by atoms with Gasteiger partial charge in [0.2, 0.25) is 0 Å². The summed E-state index contributed by atoms with van der Waals surface area (Å²) in [7, 11) is 0. The smallest absolute Gasteiger partial charge is 0.407 e. The molecule has 0 fully saturated rings. The van der Waals surface area contributed by atoms with Gasteiger partial charge in [-0.1, -0.05) is 71.7 Å². The molecular formula is C24H22Cl2N2O4. The van der Waals surface area contributed by atoms with Crippen LogP contribution in [0.15, 0.2) is 60.7 Å². The molecule has 4 rings (SSSR count). The van der Waals surface area contributed by atoms with E-state index >= 15 is 0 Å². The standard InChI is InChI=1S/C24H22Cl2N2O4/c25-13-9-18(22(27)20(26)10-13)23(30)21(29)11-28-24(31)32-12-19-16-7-3-1-5-14(16)15-6-2-4-8-17(15)19/h1-10,19,21,23,29-30H,11-12,27H2,(H,28,31). The average Bonchev–Trinajstić information content (AvgIpc) is 3.11. The molecule has 3 aromatic rings. The first-order valence-electron chi connectivity index (χ1n) is 10.1. The minimum atomic E-state index is -1.39. The van der Waals surface area contributed by atoms with Gasteiger partial charge >= 0.3 is 6.09 Å². The molecule has 8 heteroatoms. The first-order valence-corrected chi connectivity index (χ1v) is 10.8. The van der Waals surface area contributed by atoms with Gasteiger partial charge in [-0.3, -0.25) is 0 Å². The third kappa shape index (κ3) is 4.40. The quantitative estimate of drug-likeness (QED) is 0.395. The summed E-state index contributed by atoms with van der Waals surface area (Å²) < 4.78 is 5.43. The number of carbonyl (C=O) groups excluding carboxylic acids is 1. The van der Waals surface area contributed by atoms with Crippen molar-refractivity contribution in [1.29, 1.82) is 0 Å². The molecule has 166 valence electrons. The maximum absolute atomic E-state index is 12.3. The van der Waals surface area contributed by atoms with Crippen molar-refractivity contribution in [3.8, 4) is 11.1 Å². The van der Waals surface area contributed by atoms with Crippen molar-refractivity contribution in [2.75, 3.05) is 18.9 Å². The van der Waals surface area contributed by atoms with E-state index in [2.05, 4.69) is 17.4 Å². The van der Waals surface area contributed by atoms with E-state index in [1.54, 1.807) is 0 Å². The van der Waals surface area contributed by atoms with E-state index in [0.717, 1.165) is 22.3 Å². The summed E-state index contributed by atoms with van der Waals surface area (Å²) in [5.74, 6) is -0.0722. The lowest BCUT2D eigenvalue weighted by molar-refractivity contribution is 0.0190. The van der Waals surface area contributed by atoms with Crippen LogP contribution in [0.25, 0.3) is 11.1 Å². The summed E-state index contributed by atoms with van der Waals surface area (Å²) in [5.41, 5.74) is 10.6. The number of carbonyl (C=O) groups is 1. The summed E-state index contributed by atoms with van der Waals surface area (Å²) in [6.07, 6.45) is -3.43. The largest absolute Gasteiger partial charge is 0.449 e. The monoisotopic (exact) mass is 472 g/mol. The van der Waals surface area contributed by atoms with Gasteiger partial charge < -0.3 is 26.0 Å². The van der Waals surface area contributed by atoms with Crippen LogP contribution in [0.2, 0.25) is 10.0 Å². The van der Waals surface area contributed by atoms with Gasteiger partial charge in [0.1, 0.15) is 18.8 Å². The normalized spacial score (nSPS) is 14.4. The molecule has 0 saturated heterocycles. The van der Waals surface area contributed by atoms with Gasteiger partial charge in [-0.2, -0.15) is 0 Å². The van der Waals surface area contributed by atoms with Crippen LogP contribution in [0.4, 0.5) is 10.5 Å². The Morgan fingerprint density at radius 2 is 1.62 bits per heavy atom. The zero-order valence-corrected chi connectivity index (χ0v) is 18.5. The van der Waals surface area contributed by atoms with Crippen molar-refractivity contribution in [2.45, 2.75) is 18.1 Å². The van der Waals surface area contributed by atoms with Crippen LogP contribution in [-0.4, -0.2) is 35.6 Å². The Morgan fingerprint density at radius 1 is 1.03 bits per heavy atom. The Kier molecular flexibility index (Phi) is 6.58. The second-order valence-electron chi connectivity index (χ2n) is 7.61. The molecule has 1 aliphatic carbocycles. The average molecular weight is 473 g/mol. The zero-order valence-electron chi connectivity index (χ0n) is 17.0. The lowest BCUT2D eigenvalue weighted by Gasteiger charge is -2.21. The number of rotatable bonds is 6. The van der Waals surface area contributed by atoms with Crippen molar-refractivity contribution in [2.24, 2.45) is 0 Å². The number of ether oxygens (including phenoxy) is 1. The van der Waals surface area contributed by atoms with Crippen LogP contribution in [0.3, 0.4) is 0 Å². The summed E-state index contributed by atoms with van der Waals surface area (Å²) >= 11 is 11.9. The van der Waals surface area contributed by atoms with Crippen molar-refractivity contribution >= 4 is 35.0 Å². The zero-order chi connectivity index (χ0) is 22.8. The number of fused-ring (bicyclic) bond motifs is 3. The van der Waals surface area contributed by atoms with Crippen LogP contribution in [0, 0.1) is 0 Å². The fraction of sp³-hybridized carbons (Fsp3) is 0.208.